The van der Waals surface area contributed by atoms with Crippen molar-refractivity contribution in [3.05, 3.63) is 59.2 Å². The molecule has 1 aliphatic rings. The van der Waals surface area contributed by atoms with Crippen molar-refractivity contribution in [1.29, 1.82) is 0 Å². The number of amides is 1. The first-order valence-electron chi connectivity index (χ1n) is 10.4. The van der Waals surface area contributed by atoms with Crippen LogP contribution in [0.25, 0.3) is 0 Å². The number of piperidine rings is 1. The van der Waals surface area contributed by atoms with E-state index in [1.807, 2.05) is 48.2 Å². The molecule has 0 atom stereocenters. The molecule has 0 aliphatic carbocycles. The Kier molecular flexibility index (Phi) is 6.96. The van der Waals surface area contributed by atoms with Crippen LogP contribution >= 0.6 is 0 Å². The van der Waals surface area contributed by atoms with Gasteiger partial charge in [-0.3, -0.25) is 4.79 Å². The minimum atomic E-state index is 0.103. The van der Waals surface area contributed by atoms with Crippen LogP contribution in [0.15, 0.2) is 42.5 Å². The molecule has 0 radical (unpaired) electrons. The Morgan fingerprint density at radius 1 is 1.00 bits per heavy atom. The highest BCUT2D eigenvalue weighted by atomic mass is 16.5. The number of ether oxygens (including phenoxy) is 2. The largest absolute Gasteiger partial charge is 0.493 e. The number of carbonyl (C=O) groups is 1. The lowest BCUT2D eigenvalue weighted by Gasteiger charge is -2.27. The van der Waals surface area contributed by atoms with Gasteiger partial charge >= 0.3 is 0 Å². The lowest BCUT2D eigenvalue weighted by Crippen LogP contribution is -2.35. The smallest absolute Gasteiger partial charge is 0.253 e. The van der Waals surface area contributed by atoms with E-state index in [1.54, 1.807) is 0 Å². The number of para-hydroxylation sites is 1. The third kappa shape index (κ3) is 4.86. The van der Waals surface area contributed by atoms with Crippen LogP contribution in [0.2, 0.25) is 0 Å². The Labute approximate surface area is 168 Å². The molecule has 0 bridgehead atoms. The highest BCUT2D eigenvalue weighted by Gasteiger charge is 2.20. The van der Waals surface area contributed by atoms with Gasteiger partial charge in [0.1, 0.15) is 18.1 Å². The predicted octanol–water partition coefficient (Wildman–Crippen LogP) is 5.41. The zero-order valence-corrected chi connectivity index (χ0v) is 17.2. The van der Waals surface area contributed by atoms with Crippen LogP contribution in [0.4, 0.5) is 0 Å². The quantitative estimate of drug-likeness (QED) is 0.643. The highest BCUT2D eigenvalue weighted by Crippen LogP contribution is 2.29. The van der Waals surface area contributed by atoms with Gasteiger partial charge in [0.05, 0.1) is 6.61 Å². The van der Waals surface area contributed by atoms with E-state index in [4.69, 9.17) is 9.47 Å². The Bertz CT molecular complexity index is 794. The standard InChI is InChI=1S/C24H31NO3/c1-4-27-22-13-12-19(24(26)25-14-8-5-9-15-25)16-20(22)17-28-23-11-7-6-10-21(23)18(2)3/h6-7,10-13,16,18H,4-5,8-9,14-15,17H2,1-3H3. The van der Waals surface area contributed by atoms with Crippen molar-refractivity contribution in [2.45, 2.75) is 52.6 Å². The molecule has 150 valence electrons. The normalized spacial score (nSPS) is 14.2. The van der Waals surface area contributed by atoms with Crippen molar-refractivity contribution in [2.24, 2.45) is 0 Å². The SMILES string of the molecule is CCOc1ccc(C(=O)N2CCCCC2)cc1COc1ccccc1C(C)C. The minimum Gasteiger partial charge on any atom is -0.493 e. The van der Waals surface area contributed by atoms with E-state index in [-0.39, 0.29) is 5.91 Å². The van der Waals surface area contributed by atoms with Crippen molar-refractivity contribution in [2.75, 3.05) is 19.7 Å². The average molecular weight is 382 g/mol. The fraction of sp³-hybridized carbons (Fsp3) is 0.458. The number of benzene rings is 2. The topological polar surface area (TPSA) is 38.8 Å². The molecule has 1 heterocycles. The summed E-state index contributed by atoms with van der Waals surface area (Å²) in [4.78, 5) is 14.8. The Morgan fingerprint density at radius 3 is 2.46 bits per heavy atom. The Balaban J connectivity index is 1.81. The van der Waals surface area contributed by atoms with Gasteiger partial charge in [0.15, 0.2) is 0 Å². The number of likely N-dealkylation sites (tertiary alicyclic amines) is 1. The first kappa shape index (κ1) is 20.2. The first-order chi connectivity index (χ1) is 13.6. The molecule has 1 aliphatic heterocycles. The van der Waals surface area contributed by atoms with E-state index in [0.29, 0.717) is 24.7 Å². The average Bonchev–Trinajstić information content (AvgIpc) is 2.73. The summed E-state index contributed by atoms with van der Waals surface area (Å²) in [6.07, 6.45) is 3.39. The van der Waals surface area contributed by atoms with Crippen LogP contribution < -0.4 is 9.47 Å². The van der Waals surface area contributed by atoms with Gasteiger partial charge in [-0.15, -0.1) is 0 Å². The van der Waals surface area contributed by atoms with Crippen LogP contribution in [-0.2, 0) is 6.61 Å². The van der Waals surface area contributed by atoms with E-state index < -0.39 is 0 Å². The fourth-order valence-corrected chi connectivity index (χ4v) is 3.65. The van der Waals surface area contributed by atoms with E-state index in [1.165, 1.54) is 12.0 Å². The molecule has 0 saturated carbocycles. The Morgan fingerprint density at radius 2 is 1.75 bits per heavy atom. The summed E-state index contributed by atoms with van der Waals surface area (Å²) in [6, 6.07) is 13.8. The van der Waals surface area contributed by atoms with E-state index >= 15 is 0 Å². The van der Waals surface area contributed by atoms with Gasteiger partial charge in [0, 0.05) is 24.2 Å². The number of nitrogens with zero attached hydrogens (tertiary/aromatic N) is 1. The van der Waals surface area contributed by atoms with Crippen molar-refractivity contribution in [3.8, 4) is 11.5 Å². The second-order valence-corrected chi connectivity index (χ2v) is 7.59. The molecule has 0 spiro atoms. The first-order valence-corrected chi connectivity index (χ1v) is 10.4. The second-order valence-electron chi connectivity index (χ2n) is 7.59. The molecule has 2 aromatic carbocycles. The van der Waals surface area contributed by atoms with Crippen LogP contribution in [0.1, 0.15) is 67.4 Å². The summed E-state index contributed by atoms with van der Waals surface area (Å²) in [5.74, 6) is 2.15. The highest BCUT2D eigenvalue weighted by molar-refractivity contribution is 5.94. The molecule has 4 heteroatoms. The van der Waals surface area contributed by atoms with Gasteiger partial charge in [-0.1, -0.05) is 32.0 Å². The molecule has 4 nitrogen and oxygen atoms in total. The summed E-state index contributed by atoms with van der Waals surface area (Å²) in [7, 11) is 0. The van der Waals surface area contributed by atoms with Gasteiger partial charge in [-0.2, -0.15) is 0 Å². The minimum absolute atomic E-state index is 0.103. The maximum atomic E-state index is 12.9. The number of hydrogen-bond donors (Lipinski definition) is 0. The zero-order valence-electron chi connectivity index (χ0n) is 17.2. The fourth-order valence-electron chi connectivity index (χ4n) is 3.65. The van der Waals surface area contributed by atoms with Crippen LogP contribution in [-0.4, -0.2) is 30.5 Å². The molecule has 0 aromatic heterocycles. The molecular formula is C24H31NO3. The molecule has 1 fully saturated rings. The van der Waals surface area contributed by atoms with Crippen LogP contribution in [0.3, 0.4) is 0 Å². The van der Waals surface area contributed by atoms with E-state index in [9.17, 15) is 4.79 Å². The van der Waals surface area contributed by atoms with E-state index in [0.717, 1.165) is 43.0 Å². The third-order valence-electron chi connectivity index (χ3n) is 5.17. The molecule has 1 saturated heterocycles. The van der Waals surface area contributed by atoms with Gasteiger partial charge in [0.25, 0.3) is 5.91 Å². The summed E-state index contributed by atoms with van der Waals surface area (Å²) >= 11 is 0. The molecule has 3 rings (SSSR count). The van der Waals surface area contributed by atoms with Gasteiger partial charge in [-0.25, -0.2) is 0 Å². The summed E-state index contributed by atoms with van der Waals surface area (Å²) < 4.78 is 11.9. The lowest BCUT2D eigenvalue weighted by atomic mass is 10.0. The number of hydrogen-bond acceptors (Lipinski definition) is 3. The van der Waals surface area contributed by atoms with Crippen molar-refractivity contribution >= 4 is 5.91 Å². The summed E-state index contributed by atoms with van der Waals surface area (Å²) in [5.41, 5.74) is 2.80. The molecule has 0 N–H and O–H groups in total. The third-order valence-corrected chi connectivity index (χ3v) is 5.17. The molecule has 28 heavy (non-hydrogen) atoms. The molecular weight excluding hydrogens is 350 g/mol. The lowest BCUT2D eigenvalue weighted by molar-refractivity contribution is 0.0724. The summed E-state index contributed by atoms with van der Waals surface area (Å²) in [5, 5.41) is 0. The molecule has 1 amide bonds. The number of carbonyl (C=O) groups excluding carboxylic acids is 1. The monoisotopic (exact) mass is 381 g/mol. The Hall–Kier alpha value is -2.49. The number of rotatable bonds is 7. The second kappa shape index (κ2) is 9.63. The van der Waals surface area contributed by atoms with Crippen LogP contribution in [0.5, 0.6) is 11.5 Å². The zero-order chi connectivity index (χ0) is 19.9. The summed E-state index contributed by atoms with van der Waals surface area (Å²) in [6.45, 7) is 8.93. The van der Waals surface area contributed by atoms with Crippen molar-refractivity contribution in [1.82, 2.24) is 4.90 Å². The molecule has 2 aromatic rings. The van der Waals surface area contributed by atoms with Crippen LogP contribution in [0, 0.1) is 0 Å². The maximum absolute atomic E-state index is 12.9. The maximum Gasteiger partial charge on any atom is 0.253 e. The van der Waals surface area contributed by atoms with Gasteiger partial charge in [-0.05, 0) is 61.9 Å². The van der Waals surface area contributed by atoms with Gasteiger partial charge in [0.2, 0.25) is 0 Å². The molecule has 0 unspecified atom stereocenters. The van der Waals surface area contributed by atoms with Crippen molar-refractivity contribution in [3.63, 3.8) is 0 Å². The predicted molar refractivity (Wildman–Crippen MR) is 112 cm³/mol. The van der Waals surface area contributed by atoms with Gasteiger partial charge < -0.3 is 14.4 Å². The van der Waals surface area contributed by atoms with Crippen molar-refractivity contribution < 1.29 is 14.3 Å². The van der Waals surface area contributed by atoms with E-state index in [2.05, 4.69) is 19.9 Å².